The number of nitro groups is 1. The molecule has 0 N–H and O–H groups in total. The largest absolute Gasteiger partial charge is 0.490 e. The van der Waals surface area contributed by atoms with E-state index in [1.165, 1.54) is 0 Å². The first kappa shape index (κ1) is 14.3. The molecule has 0 saturated heterocycles. The Morgan fingerprint density at radius 1 is 1.28 bits per heavy atom. The highest BCUT2D eigenvalue weighted by Crippen LogP contribution is 2.37. The molecule has 0 saturated carbocycles. The van der Waals surface area contributed by atoms with Gasteiger partial charge >= 0.3 is 5.69 Å². The fourth-order valence-electron chi connectivity index (χ4n) is 1.48. The SMILES string of the molecule is COc1cc(F)c(C(OC)OC)c(F)c1[N+](=O)[O-]. The van der Waals surface area contributed by atoms with E-state index in [2.05, 4.69) is 14.2 Å². The molecule has 0 heterocycles. The Morgan fingerprint density at radius 2 is 1.83 bits per heavy atom. The maximum Gasteiger partial charge on any atom is 0.346 e. The average Bonchev–Trinajstić information content (AvgIpc) is 2.32. The monoisotopic (exact) mass is 263 g/mol. The van der Waals surface area contributed by atoms with Crippen LogP contribution in [0.4, 0.5) is 14.5 Å². The normalized spacial score (nSPS) is 10.8. The second-order valence-electron chi connectivity index (χ2n) is 3.20. The highest BCUT2D eigenvalue weighted by molar-refractivity contribution is 5.51. The van der Waals surface area contributed by atoms with Gasteiger partial charge in [0.05, 0.1) is 17.6 Å². The van der Waals surface area contributed by atoms with Crippen molar-refractivity contribution in [1.82, 2.24) is 0 Å². The van der Waals surface area contributed by atoms with Crippen LogP contribution >= 0.6 is 0 Å². The van der Waals surface area contributed by atoms with Crippen LogP contribution in [0.5, 0.6) is 5.75 Å². The summed E-state index contributed by atoms with van der Waals surface area (Å²) < 4.78 is 41.5. The third-order valence-electron chi connectivity index (χ3n) is 2.26. The van der Waals surface area contributed by atoms with Crippen molar-refractivity contribution in [2.24, 2.45) is 0 Å². The Morgan fingerprint density at radius 3 is 2.22 bits per heavy atom. The molecule has 0 aliphatic heterocycles. The van der Waals surface area contributed by atoms with E-state index in [9.17, 15) is 18.9 Å². The van der Waals surface area contributed by atoms with Gasteiger partial charge in [-0.25, -0.2) is 4.39 Å². The Kier molecular flexibility index (Phi) is 4.51. The molecule has 0 radical (unpaired) electrons. The summed E-state index contributed by atoms with van der Waals surface area (Å²) in [7, 11) is 3.39. The molecule has 0 unspecified atom stereocenters. The lowest BCUT2D eigenvalue weighted by atomic mass is 10.1. The van der Waals surface area contributed by atoms with Gasteiger partial charge in [-0.2, -0.15) is 4.39 Å². The molecule has 0 bridgehead atoms. The molecule has 0 spiro atoms. The van der Waals surface area contributed by atoms with E-state index in [4.69, 9.17) is 0 Å². The fraction of sp³-hybridized carbons (Fsp3) is 0.400. The van der Waals surface area contributed by atoms with Crippen molar-refractivity contribution in [3.63, 3.8) is 0 Å². The summed E-state index contributed by atoms with van der Waals surface area (Å²) in [5.41, 5.74) is -1.64. The predicted octanol–water partition coefficient (Wildman–Crippen LogP) is 2.17. The summed E-state index contributed by atoms with van der Waals surface area (Å²) in [6, 6.07) is 0.710. The first-order valence-electron chi connectivity index (χ1n) is 4.73. The second kappa shape index (κ2) is 5.69. The van der Waals surface area contributed by atoms with Crippen LogP contribution in [0, 0.1) is 21.7 Å². The van der Waals surface area contributed by atoms with Gasteiger partial charge in [0, 0.05) is 20.3 Å². The minimum atomic E-state index is -1.38. The van der Waals surface area contributed by atoms with E-state index in [-0.39, 0.29) is 0 Å². The molecule has 0 fully saturated rings. The van der Waals surface area contributed by atoms with Gasteiger partial charge in [-0.3, -0.25) is 10.1 Å². The molecule has 100 valence electrons. The minimum absolute atomic E-state index is 0.510. The van der Waals surface area contributed by atoms with Gasteiger partial charge in [0.1, 0.15) is 5.82 Å². The number of hydrogen-bond donors (Lipinski definition) is 0. The maximum absolute atomic E-state index is 13.9. The molecular weight excluding hydrogens is 252 g/mol. The highest BCUT2D eigenvalue weighted by Gasteiger charge is 2.32. The van der Waals surface area contributed by atoms with Crippen LogP contribution in [0.25, 0.3) is 0 Å². The van der Waals surface area contributed by atoms with Crippen LogP contribution in [0.1, 0.15) is 11.9 Å². The molecule has 0 atom stereocenters. The molecule has 18 heavy (non-hydrogen) atoms. The lowest BCUT2D eigenvalue weighted by Gasteiger charge is -2.16. The van der Waals surface area contributed by atoms with Crippen LogP contribution in [-0.2, 0) is 9.47 Å². The molecule has 1 rings (SSSR count). The van der Waals surface area contributed by atoms with Crippen molar-refractivity contribution in [2.75, 3.05) is 21.3 Å². The van der Waals surface area contributed by atoms with Crippen LogP contribution < -0.4 is 4.74 Å². The van der Waals surface area contributed by atoms with Gasteiger partial charge in [0.25, 0.3) is 0 Å². The number of hydrogen-bond acceptors (Lipinski definition) is 5. The average molecular weight is 263 g/mol. The van der Waals surface area contributed by atoms with Gasteiger partial charge in [0.2, 0.25) is 11.6 Å². The van der Waals surface area contributed by atoms with E-state index in [1.807, 2.05) is 0 Å². The molecule has 0 aliphatic carbocycles. The van der Waals surface area contributed by atoms with Crippen molar-refractivity contribution in [3.8, 4) is 5.75 Å². The minimum Gasteiger partial charge on any atom is -0.490 e. The third-order valence-corrected chi connectivity index (χ3v) is 2.26. The number of nitro benzene ring substituents is 1. The van der Waals surface area contributed by atoms with Crippen LogP contribution in [0.3, 0.4) is 0 Å². The third kappa shape index (κ3) is 2.39. The number of methoxy groups -OCH3 is 3. The Balaban J connectivity index is 3.54. The lowest BCUT2D eigenvalue weighted by molar-refractivity contribution is -0.388. The highest BCUT2D eigenvalue weighted by atomic mass is 19.1. The predicted molar refractivity (Wildman–Crippen MR) is 56.3 cm³/mol. The Hall–Kier alpha value is -1.80. The number of benzene rings is 1. The van der Waals surface area contributed by atoms with Crippen molar-refractivity contribution < 1.29 is 27.9 Å². The van der Waals surface area contributed by atoms with Crippen molar-refractivity contribution >= 4 is 5.69 Å². The lowest BCUT2D eigenvalue weighted by Crippen LogP contribution is -2.11. The maximum atomic E-state index is 13.9. The summed E-state index contributed by atoms with van der Waals surface area (Å²) in [6.45, 7) is 0. The number of ether oxygens (including phenoxy) is 3. The molecule has 0 aromatic heterocycles. The zero-order chi connectivity index (χ0) is 13.9. The molecule has 1 aromatic rings. The van der Waals surface area contributed by atoms with E-state index >= 15 is 0 Å². The van der Waals surface area contributed by atoms with Crippen LogP contribution in [0.15, 0.2) is 6.07 Å². The van der Waals surface area contributed by atoms with Gasteiger partial charge in [-0.15, -0.1) is 0 Å². The van der Waals surface area contributed by atoms with Crippen LogP contribution in [0.2, 0.25) is 0 Å². The standard InChI is InChI=1S/C10H11F2NO5/c1-16-6-4-5(11)7(10(17-2)18-3)8(12)9(6)13(14)15/h4,10H,1-3H3. The van der Waals surface area contributed by atoms with E-state index in [0.29, 0.717) is 6.07 Å². The topological polar surface area (TPSA) is 70.8 Å². The quantitative estimate of drug-likeness (QED) is 0.462. The molecule has 8 heteroatoms. The van der Waals surface area contributed by atoms with E-state index in [1.54, 1.807) is 0 Å². The van der Waals surface area contributed by atoms with Crippen molar-refractivity contribution in [3.05, 3.63) is 33.4 Å². The summed E-state index contributed by atoms with van der Waals surface area (Å²) in [6.07, 6.45) is -1.38. The van der Waals surface area contributed by atoms with E-state index in [0.717, 1.165) is 21.3 Å². The zero-order valence-corrected chi connectivity index (χ0v) is 9.90. The zero-order valence-electron chi connectivity index (χ0n) is 9.90. The first-order valence-corrected chi connectivity index (χ1v) is 4.73. The fourth-order valence-corrected chi connectivity index (χ4v) is 1.48. The number of nitrogens with zero attached hydrogens (tertiary/aromatic N) is 1. The molecule has 0 amide bonds. The molecule has 0 aliphatic rings. The Labute approximate surface area is 101 Å². The smallest absolute Gasteiger partial charge is 0.346 e. The summed E-state index contributed by atoms with van der Waals surface area (Å²) in [5.74, 6) is -2.95. The van der Waals surface area contributed by atoms with Crippen molar-refractivity contribution in [1.29, 1.82) is 0 Å². The summed E-state index contributed by atoms with van der Waals surface area (Å²) >= 11 is 0. The van der Waals surface area contributed by atoms with Gasteiger partial charge < -0.3 is 14.2 Å². The molecular formula is C10H11F2NO5. The first-order chi connectivity index (χ1) is 8.47. The number of rotatable bonds is 5. The summed E-state index contributed by atoms with van der Waals surface area (Å²) in [5, 5.41) is 10.7. The van der Waals surface area contributed by atoms with E-state index < -0.39 is 39.8 Å². The molecule has 1 aromatic carbocycles. The molecule has 6 nitrogen and oxygen atoms in total. The van der Waals surface area contributed by atoms with Crippen molar-refractivity contribution in [2.45, 2.75) is 6.29 Å². The summed E-state index contributed by atoms with van der Waals surface area (Å²) in [4.78, 5) is 9.75. The van der Waals surface area contributed by atoms with Gasteiger partial charge in [0.15, 0.2) is 6.29 Å². The van der Waals surface area contributed by atoms with Crippen LogP contribution in [-0.4, -0.2) is 26.3 Å². The number of halogens is 2. The van der Waals surface area contributed by atoms with Gasteiger partial charge in [-0.1, -0.05) is 0 Å². The van der Waals surface area contributed by atoms with Gasteiger partial charge in [-0.05, 0) is 0 Å². The Bertz CT molecular complexity index is 462. The second-order valence-corrected chi connectivity index (χ2v) is 3.20.